The van der Waals surface area contributed by atoms with E-state index in [1.165, 1.54) is 6.08 Å². The fraction of sp³-hybridized carbons (Fsp3) is 0.222. The highest BCUT2D eigenvalue weighted by Crippen LogP contribution is 2.45. The van der Waals surface area contributed by atoms with Gasteiger partial charge in [-0.1, -0.05) is 42.5 Å². The van der Waals surface area contributed by atoms with Crippen molar-refractivity contribution in [1.82, 2.24) is 0 Å². The molecule has 4 nitrogen and oxygen atoms in total. The van der Waals surface area contributed by atoms with Crippen molar-refractivity contribution in [2.45, 2.75) is 12.5 Å². The van der Waals surface area contributed by atoms with Gasteiger partial charge in [0.15, 0.2) is 5.60 Å². The lowest BCUT2D eigenvalue weighted by atomic mass is 9.80. The molecule has 1 aliphatic carbocycles. The van der Waals surface area contributed by atoms with Gasteiger partial charge in [0, 0.05) is 11.1 Å². The third-order valence-corrected chi connectivity index (χ3v) is 4.13. The lowest BCUT2D eigenvalue weighted by Gasteiger charge is -2.28. The molecule has 0 amide bonds. The second kappa shape index (κ2) is 5.07. The van der Waals surface area contributed by atoms with Crippen LogP contribution in [0.5, 0.6) is 0 Å². The number of benzene rings is 2. The first-order valence-corrected chi connectivity index (χ1v) is 7.14. The van der Waals surface area contributed by atoms with Gasteiger partial charge in [-0.15, -0.1) is 6.58 Å². The van der Waals surface area contributed by atoms with Gasteiger partial charge in [-0.25, -0.2) is 0 Å². The van der Waals surface area contributed by atoms with Crippen LogP contribution in [0.15, 0.2) is 49.1 Å². The summed E-state index contributed by atoms with van der Waals surface area (Å²) in [6.07, 6.45) is 1.28. The number of Topliss-reactive ketones (excluding diaryl/α,β-unsaturated/α-hetero) is 1. The molecule has 2 unspecified atom stereocenters. The molecule has 0 saturated carbocycles. The Morgan fingerprint density at radius 1 is 1.36 bits per heavy atom. The molecule has 0 radical (unpaired) electrons. The molecular formula is C18H16O4. The Hall–Kier alpha value is -2.46. The molecule has 22 heavy (non-hydrogen) atoms. The molecule has 0 bridgehead atoms. The van der Waals surface area contributed by atoms with Crippen LogP contribution in [0.1, 0.15) is 22.8 Å². The average Bonchev–Trinajstić information content (AvgIpc) is 2.74. The Morgan fingerprint density at radius 3 is 2.68 bits per heavy atom. The number of ether oxygens (including phenoxy) is 1. The quantitative estimate of drug-likeness (QED) is 0.696. The summed E-state index contributed by atoms with van der Waals surface area (Å²) in [5, 5.41) is 12.7. The highest BCUT2D eigenvalue weighted by molar-refractivity contribution is 6.20. The van der Waals surface area contributed by atoms with Crippen LogP contribution >= 0.6 is 0 Å². The van der Waals surface area contributed by atoms with E-state index in [1.807, 2.05) is 12.1 Å². The smallest absolute Gasteiger partial charge is 0.316 e. The molecule has 2 aromatic rings. The molecule has 2 atom stereocenters. The van der Waals surface area contributed by atoms with Crippen LogP contribution < -0.4 is 0 Å². The van der Waals surface area contributed by atoms with Crippen molar-refractivity contribution in [1.29, 1.82) is 0 Å². The predicted molar refractivity (Wildman–Crippen MR) is 82.5 cm³/mol. The van der Waals surface area contributed by atoms with Crippen LogP contribution in [0, 0.1) is 5.92 Å². The van der Waals surface area contributed by atoms with Crippen molar-refractivity contribution < 1.29 is 19.4 Å². The number of carbonyl (C=O) groups excluding carboxylic acids is 2. The zero-order chi connectivity index (χ0) is 15.9. The van der Waals surface area contributed by atoms with E-state index in [0.29, 0.717) is 16.5 Å². The van der Waals surface area contributed by atoms with Crippen LogP contribution in [-0.2, 0) is 15.1 Å². The summed E-state index contributed by atoms with van der Waals surface area (Å²) in [6.45, 7) is 5.45. The number of aliphatic hydroxyl groups is 1. The van der Waals surface area contributed by atoms with E-state index in [0.717, 1.165) is 5.39 Å². The number of hydrogen-bond acceptors (Lipinski definition) is 4. The third kappa shape index (κ3) is 1.74. The van der Waals surface area contributed by atoms with E-state index in [1.54, 1.807) is 31.2 Å². The molecule has 0 fully saturated rings. The van der Waals surface area contributed by atoms with Crippen molar-refractivity contribution in [3.63, 3.8) is 0 Å². The fourth-order valence-corrected chi connectivity index (χ4v) is 3.15. The molecule has 0 heterocycles. The Labute approximate surface area is 128 Å². The zero-order valence-electron chi connectivity index (χ0n) is 12.2. The summed E-state index contributed by atoms with van der Waals surface area (Å²) in [6, 6.07) is 10.6. The number of esters is 1. The molecule has 1 N–H and O–H groups in total. The first kappa shape index (κ1) is 14.5. The summed E-state index contributed by atoms with van der Waals surface area (Å²) < 4.78 is 4.99. The summed E-state index contributed by atoms with van der Waals surface area (Å²) in [5.74, 6) is -2.28. The van der Waals surface area contributed by atoms with E-state index >= 15 is 0 Å². The van der Waals surface area contributed by atoms with Gasteiger partial charge in [0.25, 0.3) is 0 Å². The van der Waals surface area contributed by atoms with Crippen LogP contribution in [0.4, 0.5) is 0 Å². The van der Waals surface area contributed by atoms with E-state index in [9.17, 15) is 14.7 Å². The second-order valence-electron chi connectivity index (χ2n) is 5.27. The van der Waals surface area contributed by atoms with Gasteiger partial charge < -0.3 is 9.84 Å². The van der Waals surface area contributed by atoms with Crippen molar-refractivity contribution in [2.24, 2.45) is 5.92 Å². The molecule has 1 aliphatic rings. The minimum atomic E-state index is -1.96. The minimum Gasteiger partial charge on any atom is -0.465 e. The molecule has 0 aromatic heterocycles. The normalized spacial score (nSPS) is 20.9. The lowest BCUT2D eigenvalue weighted by molar-refractivity contribution is -0.152. The van der Waals surface area contributed by atoms with Gasteiger partial charge in [0.1, 0.15) is 5.92 Å². The summed E-state index contributed by atoms with van der Waals surface area (Å²) in [5.41, 5.74) is -1.10. The summed E-state index contributed by atoms with van der Waals surface area (Å²) in [4.78, 5) is 25.0. The van der Waals surface area contributed by atoms with Gasteiger partial charge in [0.2, 0.25) is 5.78 Å². The molecule has 112 valence electrons. The van der Waals surface area contributed by atoms with Crippen molar-refractivity contribution in [2.75, 3.05) is 6.61 Å². The number of ketones is 1. The Balaban J connectivity index is 2.25. The van der Waals surface area contributed by atoms with Gasteiger partial charge in [0.05, 0.1) is 6.61 Å². The lowest BCUT2D eigenvalue weighted by Crippen LogP contribution is -2.43. The monoisotopic (exact) mass is 296 g/mol. The Morgan fingerprint density at radius 2 is 2.05 bits per heavy atom. The van der Waals surface area contributed by atoms with Gasteiger partial charge in [-0.3, -0.25) is 9.59 Å². The fourth-order valence-electron chi connectivity index (χ4n) is 3.15. The minimum absolute atomic E-state index is 0.171. The maximum absolute atomic E-state index is 12.8. The van der Waals surface area contributed by atoms with Crippen molar-refractivity contribution >= 4 is 22.5 Å². The molecule has 3 rings (SSSR count). The van der Waals surface area contributed by atoms with Crippen LogP contribution in [0.2, 0.25) is 0 Å². The Kier molecular flexibility index (Phi) is 3.34. The molecular weight excluding hydrogens is 280 g/mol. The first-order chi connectivity index (χ1) is 10.6. The summed E-state index contributed by atoms with van der Waals surface area (Å²) in [7, 11) is 0. The molecule has 0 saturated heterocycles. The maximum atomic E-state index is 12.8. The van der Waals surface area contributed by atoms with Crippen LogP contribution in [0.3, 0.4) is 0 Å². The van der Waals surface area contributed by atoms with Crippen LogP contribution in [-0.4, -0.2) is 23.5 Å². The van der Waals surface area contributed by atoms with Crippen molar-refractivity contribution in [3.05, 3.63) is 60.2 Å². The topological polar surface area (TPSA) is 63.6 Å². The van der Waals surface area contributed by atoms with Gasteiger partial charge >= 0.3 is 5.97 Å². The van der Waals surface area contributed by atoms with E-state index in [4.69, 9.17) is 4.74 Å². The van der Waals surface area contributed by atoms with E-state index < -0.39 is 23.3 Å². The largest absolute Gasteiger partial charge is 0.465 e. The first-order valence-electron chi connectivity index (χ1n) is 7.14. The maximum Gasteiger partial charge on any atom is 0.316 e. The molecule has 0 aliphatic heterocycles. The highest BCUT2D eigenvalue weighted by Gasteiger charge is 2.53. The number of rotatable bonds is 4. The summed E-state index contributed by atoms with van der Waals surface area (Å²) >= 11 is 0. The predicted octanol–water partition coefficient (Wildman–Crippen LogP) is 2.59. The van der Waals surface area contributed by atoms with Gasteiger partial charge in [-0.2, -0.15) is 0 Å². The average molecular weight is 296 g/mol. The number of carbonyl (C=O) groups is 2. The number of hydrogen-bond donors (Lipinski definition) is 1. The Bertz CT molecular complexity index is 788. The molecule has 4 heteroatoms. The van der Waals surface area contributed by atoms with E-state index in [-0.39, 0.29) is 6.61 Å². The van der Waals surface area contributed by atoms with Crippen molar-refractivity contribution in [3.8, 4) is 0 Å². The molecule has 0 spiro atoms. The standard InChI is InChI=1S/C18H16O4/c1-3-13(17(20)22-4-2)18(21)14-10-6-8-11-7-5-9-12(15(11)14)16(18)19/h3,5-10,13,21H,1,4H2,2H3. The van der Waals surface area contributed by atoms with Crippen LogP contribution in [0.25, 0.3) is 10.8 Å². The molecule has 2 aromatic carbocycles. The van der Waals surface area contributed by atoms with Gasteiger partial charge in [-0.05, 0) is 17.7 Å². The van der Waals surface area contributed by atoms with E-state index in [2.05, 4.69) is 6.58 Å². The zero-order valence-corrected chi connectivity index (χ0v) is 12.2. The third-order valence-electron chi connectivity index (χ3n) is 4.13. The highest BCUT2D eigenvalue weighted by atomic mass is 16.5. The second-order valence-corrected chi connectivity index (χ2v) is 5.27. The SMILES string of the molecule is C=CC(C(=O)OCC)C1(O)C(=O)c2cccc3cccc1c23.